The number of piperidine rings is 1. The highest BCUT2D eigenvalue weighted by Crippen LogP contribution is 2.19. The Hall–Kier alpha value is -2.99. The van der Waals surface area contributed by atoms with Crippen LogP contribution in [-0.4, -0.2) is 40.0 Å². The zero-order valence-corrected chi connectivity index (χ0v) is 20.1. The summed E-state index contributed by atoms with van der Waals surface area (Å²) in [7, 11) is 0. The number of hydrogen-bond acceptors (Lipinski definition) is 4. The smallest absolute Gasteiger partial charge is 0.272 e. The highest BCUT2D eigenvalue weighted by atomic mass is 16.2. The molecule has 0 unspecified atom stereocenters. The van der Waals surface area contributed by atoms with Crippen LogP contribution in [0.2, 0.25) is 0 Å². The maximum Gasteiger partial charge on any atom is 0.272 e. The topological polar surface area (TPSA) is 67.2 Å². The molecule has 174 valence electrons. The van der Waals surface area contributed by atoms with Crippen LogP contribution < -0.4 is 10.9 Å². The summed E-state index contributed by atoms with van der Waals surface area (Å²) >= 11 is 0. The van der Waals surface area contributed by atoms with Crippen molar-refractivity contribution in [3.05, 3.63) is 74.7 Å². The predicted octanol–water partition coefficient (Wildman–Crippen LogP) is 3.66. The van der Waals surface area contributed by atoms with Gasteiger partial charge in [-0.25, -0.2) is 4.98 Å². The largest absolute Gasteiger partial charge is 0.354 e. The number of fused-ring (bicyclic) bond motifs is 1. The molecule has 1 aliphatic heterocycles. The van der Waals surface area contributed by atoms with Crippen molar-refractivity contribution < 1.29 is 4.79 Å². The Morgan fingerprint density at radius 2 is 1.70 bits per heavy atom. The van der Waals surface area contributed by atoms with E-state index in [4.69, 9.17) is 0 Å². The van der Waals surface area contributed by atoms with Gasteiger partial charge in [0.1, 0.15) is 12.2 Å². The maximum absolute atomic E-state index is 12.7. The minimum atomic E-state index is -0.203. The number of aryl methyl sites for hydroxylation is 4. The molecule has 0 saturated carbocycles. The maximum atomic E-state index is 12.7. The normalized spacial score (nSPS) is 15.2. The average Bonchev–Trinajstić information content (AvgIpc) is 2.79. The number of benzene rings is 2. The van der Waals surface area contributed by atoms with Crippen molar-refractivity contribution >= 4 is 16.9 Å². The highest BCUT2D eigenvalue weighted by Gasteiger charge is 2.20. The molecule has 4 rings (SSSR count). The summed E-state index contributed by atoms with van der Waals surface area (Å²) in [5.41, 5.74) is 6.53. The van der Waals surface area contributed by atoms with Gasteiger partial charge in [-0.15, -0.1) is 0 Å². The van der Waals surface area contributed by atoms with Gasteiger partial charge >= 0.3 is 0 Å². The lowest BCUT2D eigenvalue weighted by atomic mass is 9.96. The summed E-state index contributed by atoms with van der Waals surface area (Å²) in [4.78, 5) is 32.4. The van der Waals surface area contributed by atoms with Crippen LogP contribution in [0.15, 0.2) is 41.2 Å². The quantitative estimate of drug-likeness (QED) is 0.628. The number of hydrogen-bond donors (Lipinski definition) is 1. The number of rotatable bonds is 6. The van der Waals surface area contributed by atoms with Gasteiger partial charge in [0.05, 0.1) is 11.0 Å². The standard InChI is InChI=1S/C27H34N4O2/c1-18-5-7-23(8-6-18)16-30-11-9-22(10-12-30)15-28-26(32)17-31-25-14-20(3)19(2)13-24(25)29-21(4)27(31)33/h5-8,13-14,22H,9-12,15-17H2,1-4H3,(H,28,32). The number of carbonyl (C=O) groups is 1. The van der Waals surface area contributed by atoms with Gasteiger partial charge in [0.2, 0.25) is 5.91 Å². The Morgan fingerprint density at radius 3 is 2.39 bits per heavy atom. The molecule has 1 saturated heterocycles. The van der Waals surface area contributed by atoms with Crippen LogP contribution in [0.4, 0.5) is 0 Å². The molecule has 1 N–H and O–H groups in total. The fraction of sp³-hybridized carbons (Fsp3) is 0.444. The van der Waals surface area contributed by atoms with Crippen LogP contribution in [0, 0.1) is 33.6 Å². The van der Waals surface area contributed by atoms with E-state index in [-0.39, 0.29) is 18.0 Å². The molecule has 2 heterocycles. The molecule has 0 bridgehead atoms. The summed E-state index contributed by atoms with van der Waals surface area (Å²) < 4.78 is 1.56. The van der Waals surface area contributed by atoms with Crippen molar-refractivity contribution in [2.24, 2.45) is 5.92 Å². The summed E-state index contributed by atoms with van der Waals surface area (Å²) in [6.45, 7) is 11.6. The molecule has 3 aromatic rings. The van der Waals surface area contributed by atoms with E-state index in [9.17, 15) is 9.59 Å². The van der Waals surface area contributed by atoms with Gasteiger partial charge in [-0.2, -0.15) is 0 Å². The van der Waals surface area contributed by atoms with Crippen molar-refractivity contribution in [2.45, 2.75) is 53.6 Å². The summed E-state index contributed by atoms with van der Waals surface area (Å²) in [5.74, 6) is 0.352. The molecule has 0 atom stereocenters. The van der Waals surface area contributed by atoms with Gasteiger partial charge in [-0.1, -0.05) is 29.8 Å². The monoisotopic (exact) mass is 446 g/mol. The van der Waals surface area contributed by atoms with Crippen molar-refractivity contribution in [1.29, 1.82) is 0 Å². The lowest BCUT2D eigenvalue weighted by Gasteiger charge is -2.32. The molecule has 1 amide bonds. The van der Waals surface area contributed by atoms with E-state index in [0.717, 1.165) is 49.1 Å². The Balaban J connectivity index is 1.33. The summed E-state index contributed by atoms with van der Waals surface area (Å²) in [6, 6.07) is 12.7. The first kappa shape index (κ1) is 23.2. The summed E-state index contributed by atoms with van der Waals surface area (Å²) in [6.07, 6.45) is 2.14. The fourth-order valence-electron chi connectivity index (χ4n) is 4.54. The lowest BCUT2D eigenvalue weighted by molar-refractivity contribution is -0.121. The molecule has 33 heavy (non-hydrogen) atoms. The first-order valence-corrected chi connectivity index (χ1v) is 11.8. The zero-order valence-electron chi connectivity index (χ0n) is 20.1. The van der Waals surface area contributed by atoms with E-state index in [1.165, 1.54) is 11.1 Å². The number of carbonyl (C=O) groups excluding carboxylic acids is 1. The van der Waals surface area contributed by atoms with Crippen LogP contribution in [0.25, 0.3) is 11.0 Å². The van der Waals surface area contributed by atoms with Gasteiger partial charge in [0.15, 0.2) is 0 Å². The Labute approximate surface area is 195 Å². The molecule has 0 spiro atoms. The van der Waals surface area contributed by atoms with Crippen molar-refractivity contribution in [2.75, 3.05) is 19.6 Å². The number of nitrogens with zero attached hydrogens (tertiary/aromatic N) is 3. The van der Waals surface area contributed by atoms with Crippen molar-refractivity contribution in [3.8, 4) is 0 Å². The van der Waals surface area contributed by atoms with Crippen LogP contribution in [0.5, 0.6) is 0 Å². The number of nitrogens with one attached hydrogen (secondary N) is 1. The highest BCUT2D eigenvalue weighted by molar-refractivity contribution is 5.81. The van der Waals surface area contributed by atoms with E-state index in [2.05, 4.69) is 46.4 Å². The second-order valence-electron chi connectivity index (χ2n) is 9.52. The van der Waals surface area contributed by atoms with Gasteiger partial charge in [0.25, 0.3) is 5.56 Å². The van der Waals surface area contributed by atoms with Gasteiger partial charge in [0, 0.05) is 13.1 Å². The molecule has 1 aromatic heterocycles. The number of aromatic nitrogens is 2. The molecule has 2 aromatic carbocycles. The Bertz CT molecular complexity index is 1210. The number of likely N-dealkylation sites (tertiary alicyclic amines) is 1. The second kappa shape index (κ2) is 9.87. The molecule has 6 heteroatoms. The molecule has 1 aliphatic rings. The molecular weight excluding hydrogens is 412 g/mol. The molecular formula is C27H34N4O2. The predicted molar refractivity (Wildman–Crippen MR) is 132 cm³/mol. The molecule has 0 radical (unpaired) electrons. The Kier molecular flexibility index (Phi) is 6.94. The molecule has 1 fully saturated rings. The van der Waals surface area contributed by atoms with Crippen LogP contribution in [0.3, 0.4) is 0 Å². The lowest BCUT2D eigenvalue weighted by Crippen LogP contribution is -2.40. The van der Waals surface area contributed by atoms with E-state index < -0.39 is 0 Å². The molecule has 6 nitrogen and oxygen atoms in total. The number of amides is 1. The first-order chi connectivity index (χ1) is 15.8. The van der Waals surface area contributed by atoms with Crippen molar-refractivity contribution in [1.82, 2.24) is 19.8 Å². The average molecular weight is 447 g/mol. The SMILES string of the molecule is Cc1ccc(CN2CCC(CNC(=O)Cn3c(=O)c(C)nc4cc(C)c(C)cc43)CC2)cc1. The van der Waals surface area contributed by atoms with E-state index in [0.29, 0.717) is 23.7 Å². The van der Waals surface area contributed by atoms with Crippen molar-refractivity contribution in [3.63, 3.8) is 0 Å². The molecule has 0 aliphatic carbocycles. The first-order valence-electron chi connectivity index (χ1n) is 11.8. The third-order valence-electron chi connectivity index (χ3n) is 6.85. The van der Waals surface area contributed by atoms with Gasteiger partial charge < -0.3 is 5.32 Å². The Morgan fingerprint density at radius 1 is 1.03 bits per heavy atom. The van der Waals surface area contributed by atoms with E-state index in [1.54, 1.807) is 11.5 Å². The van der Waals surface area contributed by atoms with Gasteiger partial charge in [-0.3, -0.25) is 19.1 Å². The third-order valence-corrected chi connectivity index (χ3v) is 6.85. The second-order valence-corrected chi connectivity index (χ2v) is 9.52. The third kappa shape index (κ3) is 5.50. The van der Waals surface area contributed by atoms with E-state index >= 15 is 0 Å². The van der Waals surface area contributed by atoms with E-state index in [1.807, 2.05) is 26.0 Å². The van der Waals surface area contributed by atoms with Gasteiger partial charge in [-0.05, 0) is 88.4 Å². The minimum absolute atomic E-state index is 0.0213. The van der Waals surface area contributed by atoms with Crippen LogP contribution in [-0.2, 0) is 17.9 Å². The zero-order chi connectivity index (χ0) is 23.5. The van der Waals surface area contributed by atoms with Crippen LogP contribution >= 0.6 is 0 Å². The fourth-order valence-corrected chi connectivity index (χ4v) is 4.54. The van der Waals surface area contributed by atoms with Crippen LogP contribution in [0.1, 0.15) is 40.8 Å². The minimum Gasteiger partial charge on any atom is -0.354 e. The summed E-state index contributed by atoms with van der Waals surface area (Å²) in [5, 5.41) is 3.07.